The van der Waals surface area contributed by atoms with Crippen molar-refractivity contribution < 1.29 is 5.11 Å². The van der Waals surface area contributed by atoms with E-state index in [1.54, 1.807) is 6.07 Å². The molecule has 2 rings (SSSR count). The first-order chi connectivity index (χ1) is 5.77. The van der Waals surface area contributed by atoms with Crippen LogP contribution in [0.25, 0.3) is 0 Å². The van der Waals surface area contributed by atoms with Gasteiger partial charge in [-0.2, -0.15) is 0 Å². The standard InChI is InChI=1S/C9H10BrNO.BrH/c10-9-4-7(12)3-6-1-2-11-5-8(6)9;/h3-4,11-12H,1-2,5H2;1H. The molecule has 1 aromatic rings. The smallest absolute Gasteiger partial charge is 0.116 e. The number of hydrogen-bond acceptors (Lipinski definition) is 2. The van der Waals surface area contributed by atoms with E-state index in [0.29, 0.717) is 5.75 Å². The molecule has 0 radical (unpaired) electrons. The van der Waals surface area contributed by atoms with Gasteiger partial charge in [0.05, 0.1) is 0 Å². The quantitative estimate of drug-likeness (QED) is 0.771. The van der Waals surface area contributed by atoms with Crippen LogP contribution in [0.1, 0.15) is 11.1 Å². The summed E-state index contributed by atoms with van der Waals surface area (Å²) in [5, 5.41) is 12.6. The van der Waals surface area contributed by atoms with Gasteiger partial charge in [-0.05, 0) is 36.2 Å². The number of benzene rings is 1. The van der Waals surface area contributed by atoms with E-state index in [0.717, 1.165) is 24.0 Å². The first kappa shape index (κ1) is 11.0. The van der Waals surface area contributed by atoms with E-state index in [1.807, 2.05) is 6.07 Å². The zero-order valence-electron chi connectivity index (χ0n) is 7.01. The summed E-state index contributed by atoms with van der Waals surface area (Å²) in [7, 11) is 0. The summed E-state index contributed by atoms with van der Waals surface area (Å²) in [6.45, 7) is 1.90. The Hall–Kier alpha value is -0.0600. The Bertz CT molecular complexity index is 315. The van der Waals surface area contributed by atoms with Crippen molar-refractivity contribution >= 4 is 32.9 Å². The highest BCUT2D eigenvalue weighted by atomic mass is 79.9. The van der Waals surface area contributed by atoms with Gasteiger partial charge in [-0.15, -0.1) is 17.0 Å². The van der Waals surface area contributed by atoms with Crippen LogP contribution < -0.4 is 5.32 Å². The van der Waals surface area contributed by atoms with Gasteiger partial charge < -0.3 is 10.4 Å². The Morgan fingerprint density at radius 1 is 1.38 bits per heavy atom. The second kappa shape index (κ2) is 4.44. The van der Waals surface area contributed by atoms with Gasteiger partial charge in [0.15, 0.2) is 0 Å². The summed E-state index contributed by atoms with van der Waals surface area (Å²) in [6.07, 6.45) is 1.00. The summed E-state index contributed by atoms with van der Waals surface area (Å²) in [5.74, 6) is 0.350. The highest BCUT2D eigenvalue weighted by Gasteiger charge is 2.12. The molecular formula is C9H11Br2NO. The SMILES string of the molecule is Br.Oc1cc(Br)c2c(c1)CCNC2. The van der Waals surface area contributed by atoms with Crippen LogP contribution in [-0.2, 0) is 13.0 Å². The molecule has 0 saturated heterocycles. The van der Waals surface area contributed by atoms with Crippen molar-refractivity contribution in [3.8, 4) is 5.75 Å². The number of nitrogens with one attached hydrogen (secondary N) is 1. The topological polar surface area (TPSA) is 32.3 Å². The van der Waals surface area contributed by atoms with Crippen molar-refractivity contribution in [3.63, 3.8) is 0 Å². The highest BCUT2D eigenvalue weighted by molar-refractivity contribution is 9.10. The van der Waals surface area contributed by atoms with Gasteiger partial charge in [0.25, 0.3) is 0 Å². The van der Waals surface area contributed by atoms with Crippen molar-refractivity contribution in [1.29, 1.82) is 0 Å². The molecule has 4 heteroatoms. The molecule has 1 aliphatic rings. The Balaban J connectivity index is 0.000000845. The Labute approximate surface area is 96.2 Å². The van der Waals surface area contributed by atoms with Crippen molar-refractivity contribution in [3.05, 3.63) is 27.7 Å². The van der Waals surface area contributed by atoms with Crippen LogP contribution in [0.4, 0.5) is 0 Å². The predicted octanol–water partition coefficient (Wildman–Crippen LogP) is 2.38. The molecule has 0 aliphatic carbocycles. The molecule has 1 heterocycles. The van der Waals surface area contributed by atoms with Crippen LogP contribution in [-0.4, -0.2) is 11.7 Å². The lowest BCUT2D eigenvalue weighted by Crippen LogP contribution is -2.23. The van der Waals surface area contributed by atoms with Gasteiger partial charge in [-0.25, -0.2) is 0 Å². The molecule has 2 N–H and O–H groups in total. The third-order valence-corrected chi connectivity index (χ3v) is 2.85. The number of rotatable bonds is 0. The van der Waals surface area contributed by atoms with Crippen LogP contribution in [0.2, 0.25) is 0 Å². The second-order valence-electron chi connectivity index (χ2n) is 2.99. The predicted molar refractivity (Wildman–Crippen MR) is 61.5 cm³/mol. The Morgan fingerprint density at radius 2 is 2.15 bits per heavy atom. The number of aromatic hydroxyl groups is 1. The van der Waals surface area contributed by atoms with Gasteiger partial charge in [-0.1, -0.05) is 15.9 Å². The molecular weight excluding hydrogens is 298 g/mol. The van der Waals surface area contributed by atoms with E-state index in [4.69, 9.17) is 0 Å². The molecule has 0 unspecified atom stereocenters. The van der Waals surface area contributed by atoms with Crippen molar-refractivity contribution in [2.24, 2.45) is 0 Å². The first-order valence-electron chi connectivity index (χ1n) is 3.98. The van der Waals surface area contributed by atoms with E-state index in [-0.39, 0.29) is 17.0 Å². The van der Waals surface area contributed by atoms with Gasteiger partial charge >= 0.3 is 0 Å². The Kier molecular flexibility index (Phi) is 3.76. The van der Waals surface area contributed by atoms with Gasteiger partial charge in [0.2, 0.25) is 0 Å². The monoisotopic (exact) mass is 307 g/mol. The first-order valence-corrected chi connectivity index (χ1v) is 4.77. The van der Waals surface area contributed by atoms with Crippen LogP contribution in [0, 0.1) is 0 Å². The minimum Gasteiger partial charge on any atom is -0.508 e. The molecule has 0 spiro atoms. The van der Waals surface area contributed by atoms with Gasteiger partial charge in [0, 0.05) is 11.0 Å². The van der Waals surface area contributed by atoms with Crippen LogP contribution in [0.5, 0.6) is 5.75 Å². The van der Waals surface area contributed by atoms with Crippen molar-refractivity contribution in [2.75, 3.05) is 6.54 Å². The van der Waals surface area contributed by atoms with Crippen LogP contribution in [0.15, 0.2) is 16.6 Å². The maximum Gasteiger partial charge on any atom is 0.116 e. The second-order valence-corrected chi connectivity index (χ2v) is 3.85. The van der Waals surface area contributed by atoms with E-state index >= 15 is 0 Å². The zero-order valence-corrected chi connectivity index (χ0v) is 10.3. The van der Waals surface area contributed by atoms with Crippen molar-refractivity contribution in [1.82, 2.24) is 5.32 Å². The van der Waals surface area contributed by atoms with E-state index < -0.39 is 0 Å². The summed E-state index contributed by atoms with van der Waals surface area (Å²) < 4.78 is 1.00. The third-order valence-electron chi connectivity index (χ3n) is 2.15. The van der Waals surface area contributed by atoms with Crippen LogP contribution >= 0.6 is 32.9 Å². The lowest BCUT2D eigenvalue weighted by atomic mass is 10.0. The molecule has 0 bridgehead atoms. The molecule has 2 nitrogen and oxygen atoms in total. The van der Waals surface area contributed by atoms with Crippen LogP contribution in [0.3, 0.4) is 0 Å². The summed E-state index contributed by atoms with van der Waals surface area (Å²) in [5.41, 5.74) is 2.53. The minimum atomic E-state index is 0. The number of hydrogen-bond donors (Lipinski definition) is 2. The molecule has 0 saturated carbocycles. The molecule has 0 aromatic heterocycles. The van der Waals surface area contributed by atoms with Crippen molar-refractivity contribution in [2.45, 2.75) is 13.0 Å². The molecule has 1 aliphatic heterocycles. The minimum absolute atomic E-state index is 0. The van der Waals surface area contributed by atoms with Gasteiger partial charge in [0.1, 0.15) is 5.75 Å². The molecule has 0 fully saturated rings. The fourth-order valence-corrected chi connectivity index (χ4v) is 2.16. The maximum atomic E-state index is 9.32. The average molecular weight is 309 g/mol. The fourth-order valence-electron chi connectivity index (χ4n) is 1.54. The average Bonchev–Trinajstić information content (AvgIpc) is 2.04. The summed E-state index contributed by atoms with van der Waals surface area (Å²) in [4.78, 5) is 0. The lowest BCUT2D eigenvalue weighted by Gasteiger charge is -2.18. The molecule has 72 valence electrons. The van der Waals surface area contributed by atoms with E-state index in [1.165, 1.54) is 11.1 Å². The molecule has 13 heavy (non-hydrogen) atoms. The normalized spacial score (nSPS) is 14.5. The largest absolute Gasteiger partial charge is 0.508 e. The highest BCUT2D eigenvalue weighted by Crippen LogP contribution is 2.28. The molecule has 1 aromatic carbocycles. The fraction of sp³-hybridized carbons (Fsp3) is 0.333. The molecule has 0 amide bonds. The van der Waals surface area contributed by atoms with E-state index in [9.17, 15) is 5.11 Å². The lowest BCUT2D eigenvalue weighted by molar-refractivity contribution is 0.472. The van der Waals surface area contributed by atoms with Gasteiger partial charge in [-0.3, -0.25) is 0 Å². The number of halogens is 2. The zero-order chi connectivity index (χ0) is 8.55. The number of fused-ring (bicyclic) bond motifs is 1. The molecule has 0 atom stereocenters. The van der Waals surface area contributed by atoms with E-state index in [2.05, 4.69) is 21.2 Å². The number of phenolic OH excluding ortho intramolecular Hbond substituents is 1. The maximum absolute atomic E-state index is 9.32. The third kappa shape index (κ3) is 2.24. The number of phenols is 1. The summed E-state index contributed by atoms with van der Waals surface area (Å²) in [6, 6.07) is 3.59. The summed E-state index contributed by atoms with van der Waals surface area (Å²) >= 11 is 3.43. The Morgan fingerprint density at radius 3 is 2.92 bits per heavy atom.